The molecule has 0 aromatic rings. The van der Waals surface area contributed by atoms with Crippen molar-refractivity contribution in [3.8, 4) is 0 Å². The molecule has 3 N–H and O–H groups in total. The predicted octanol–water partition coefficient (Wildman–Crippen LogP) is 4.15. The molecule has 5 heteroatoms. The van der Waals surface area contributed by atoms with E-state index in [-0.39, 0.29) is 29.0 Å². The van der Waals surface area contributed by atoms with Crippen LogP contribution < -0.4 is 5.32 Å². The number of aliphatic hydroxyl groups is 2. The fraction of sp³-hybridized carbons (Fsp3) is 0.963. The highest BCUT2D eigenvalue weighted by atomic mass is 16.5. The van der Waals surface area contributed by atoms with E-state index in [0.29, 0.717) is 48.0 Å². The molecule has 0 radical (unpaired) electrons. The lowest BCUT2D eigenvalue weighted by molar-refractivity contribution is -0.202. The van der Waals surface area contributed by atoms with E-state index in [1.807, 2.05) is 0 Å². The molecule has 0 aromatic heterocycles. The van der Waals surface area contributed by atoms with Crippen molar-refractivity contribution in [2.75, 3.05) is 13.7 Å². The molecule has 0 aliphatic heterocycles. The normalized spacial score (nSPS) is 49.0. The number of methoxy groups -OCH3 is 1. The van der Waals surface area contributed by atoms with Crippen molar-refractivity contribution >= 4 is 5.97 Å². The lowest BCUT2D eigenvalue weighted by Crippen LogP contribution is -2.62. The van der Waals surface area contributed by atoms with Crippen LogP contribution in [0.1, 0.15) is 85.5 Å². The van der Waals surface area contributed by atoms with Gasteiger partial charge >= 0.3 is 5.97 Å². The minimum Gasteiger partial charge on any atom is -0.469 e. The molecule has 0 aromatic carbocycles. The molecule has 0 bridgehead atoms. The van der Waals surface area contributed by atoms with Crippen LogP contribution in [0.3, 0.4) is 0 Å². The Labute approximate surface area is 195 Å². The quantitative estimate of drug-likeness (QED) is 0.531. The van der Waals surface area contributed by atoms with Gasteiger partial charge in [0, 0.05) is 12.5 Å². The summed E-state index contributed by atoms with van der Waals surface area (Å²) in [5.74, 6) is 2.26. The van der Waals surface area contributed by atoms with E-state index in [9.17, 15) is 15.0 Å². The third kappa shape index (κ3) is 3.84. The average Bonchev–Trinajstić information content (AvgIpc) is 3.12. The lowest BCUT2D eigenvalue weighted by atomic mass is 9.43. The SMILES string of the molecule is CCN[C@H]1CC[C@]2(C)C3C[C@H](O)[C@@]4(C)C(CC[C@@H]4C(C)CCC(=O)OC)C3[C@H](O)C[C@@H]2C1. The molecule has 11 atom stereocenters. The maximum absolute atomic E-state index is 11.7. The summed E-state index contributed by atoms with van der Waals surface area (Å²) in [6.45, 7) is 10.2. The second-order valence-corrected chi connectivity index (χ2v) is 12.2. The average molecular weight is 450 g/mol. The van der Waals surface area contributed by atoms with Gasteiger partial charge in [-0.25, -0.2) is 0 Å². The molecule has 184 valence electrons. The van der Waals surface area contributed by atoms with E-state index in [2.05, 4.69) is 33.0 Å². The summed E-state index contributed by atoms with van der Waals surface area (Å²) in [5, 5.41) is 26.8. The maximum atomic E-state index is 11.7. The zero-order valence-electron chi connectivity index (χ0n) is 21.0. The second kappa shape index (κ2) is 9.19. The van der Waals surface area contributed by atoms with Gasteiger partial charge in [0.25, 0.3) is 0 Å². The van der Waals surface area contributed by atoms with Crippen LogP contribution in [0.25, 0.3) is 0 Å². The number of aliphatic hydroxyl groups excluding tert-OH is 2. The number of carbonyl (C=O) groups is 1. The fourth-order valence-corrected chi connectivity index (χ4v) is 9.28. The van der Waals surface area contributed by atoms with Crippen LogP contribution in [-0.2, 0) is 9.53 Å². The van der Waals surface area contributed by atoms with E-state index < -0.39 is 0 Å². The van der Waals surface area contributed by atoms with Crippen LogP contribution in [0.15, 0.2) is 0 Å². The number of fused-ring (bicyclic) bond motifs is 5. The standard InChI is InChI=1S/C27H47NO4/c1-6-28-18-11-12-26(3)17(13-18)14-22(29)25-20-9-8-19(16(2)7-10-24(31)32-5)27(20,4)23(30)15-21(25)26/h16-23,25,28-30H,6-15H2,1-5H3/t16?,17-,18-,19+,20?,21?,22+,23-,25?,26-,27+/m0/s1. The largest absolute Gasteiger partial charge is 0.469 e. The van der Waals surface area contributed by atoms with Gasteiger partial charge in [-0.2, -0.15) is 0 Å². The van der Waals surface area contributed by atoms with E-state index in [4.69, 9.17) is 4.74 Å². The van der Waals surface area contributed by atoms with Crippen LogP contribution in [0.5, 0.6) is 0 Å². The van der Waals surface area contributed by atoms with Gasteiger partial charge in [0.15, 0.2) is 0 Å². The smallest absolute Gasteiger partial charge is 0.305 e. The Bertz CT molecular complexity index is 685. The zero-order chi connectivity index (χ0) is 23.3. The number of hydrogen-bond acceptors (Lipinski definition) is 5. The van der Waals surface area contributed by atoms with Crippen LogP contribution in [0.2, 0.25) is 0 Å². The molecule has 4 unspecified atom stereocenters. The number of carbonyl (C=O) groups excluding carboxylic acids is 1. The minimum absolute atomic E-state index is 0.143. The van der Waals surface area contributed by atoms with Crippen molar-refractivity contribution in [2.45, 2.75) is 104 Å². The number of hydrogen-bond donors (Lipinski definition) is 3. The molecule has 4 aliphatic rings. The van der Waals surface area contributed by atoms with Crippen molar-refractivity contribution in [2.24, 2.45) is 46.3 Å². The van der Waals surface area contributed by atoms with Crippen LogP contribution in [-0.4, -0.2) is 48.1 Å². The van der Waals surface area contributed by atoms with Crippen molar-refractivity contribution < 1.29 is 19.7 Å². The van der Waals surface area contributed by atoms with Crippen molar-refractivity contribution in [3.05, 3.63) is 0 Å². The molecular weight excluding hydrogens is 402 g/mol. The summed E-state index contributed by atoms with van der Waals surface area (Å²) in [4.78, 5) is 11.7. The number of nitrogens with one attached hydrogen (secondary N) is 1. The molecule has 4 fully saturated rings. The van der Waals surface area contributed by atoms with Crippen molar-refractivity contribution in [3.63, 3.8) is 0 Å². The van der Waals surface area contributed by atoms with Gasteiger partial charge in [-0.1, -0.05) is 27.7 Å². The lowest BCUT2D eigenvalue weighted by Gasteiger charge is -2.63. The first kappa shape index (κ1) is 24.5. The minimum atomic E-state index is -0.323. The Morgan fingerprint density at radius 1 is 1.12 bits per heavy atom. The summed E-state index contributed by atoms with van der Waals surface area (Å²) in [6.07, 6.45) is 8.22. The zero-order valence-corrected chi connectivity index (χ0v) is 21.0. The summed E-state index contributed by atoms with van der Waals surface area (Å²) < 4.78 is 4.86. The topological polar surface area (TPSA) is 78.8 Å². The first-order chi connectivity index (χ1) is 15.2. The molecule has 0 saturated heterocycles. The maximum Gasteiger partial charge on any atom is 0.305 e. The van der Waals surface area contributed by atoms with E-state index in [1.54, 1.807) is 0 Å². The van der Waals surface area contributed by atoms with E-state index >= 15 is 0 Å². The molecule has 4 rings (SSSR count). The molecule has 32 heavy (non-hydrogen) atoms. The Morgan fingerprint density at radius 3 is 2.56 bits per heavy atom. The summed E-state index contributed by atoms with van der Waals surface area (Å²) >= 11 is 0. The molecule has 0 amide bonds. The number of rotatable bonds is 6. The molecule has 5 nitrogen and oxygen atoms in total. The Balaban J connectivity index is 1.55. The fourth-order valence-electron chi connectivity index (χ4n) is 9.28. The van der Waals surface area contributed by atoms with Gasteiger partial charge in [0.05, 0.1) is 19.3 Å². The molecule has 0 heterocycles. The van der Waals surface area contributed by atoms with Gasteiger partial charge in [-0.3, -0.25) is 4.79 Å². The van der Waals surface area contributed by atoms with E-state index in [0.717, 1.165) is 45.1 Å². The Hall–Kier alpha value is -0.650. The molecule has 4 saturated carbocycles. The Morgan fingerprint density at radius 2 is 1.88 bits per heavy atom. The number of ether oxygens (including phenoxy) is 1. The van der Waals surface area contributed by atoms with Crippen molar-refractivity contribution in [1.29, 1.82) is 0 Å². The van der Waals surface area contributed by atoms with Gasteiger partial charge in [-0.15, -0.1) is 0 Å². The first-order valence-electron chi connectivity index (χ1n) is 13.3. The molecule has 4 aliphatic carbocycles. The van der Waals surface area contributed by atoms with E-state index in [1.165, 1.54) is 20.0 Å². The highest BCUT2D eigenvalue weighted by Crippen LogP contribution is 2.68. The highest BCUT2D eigenvalue weighted by Gasteiger charge is 2.65. The summed E-state index contributed by atoms with van der Waals surface area (Å²) in [7, 11) is 1.45. The van der Waals surface area contributed by atoms with Gasteiger partial charge in [-0.05, 0) is 104 Å². The number of esters is 1. The Kier molecular flexibility index (Phi) is 7.03. The summed E-state index contributed by atoms with van der Waals surface area (Å²) in [6, 6.07) is 0.576. The van der Waals surface area contributed by atoms with Gasteiger partial charge in [0.2, 0.25) is 0 Å². The van der Waals surface area contributed by atoms with Crippen LogP contribution >= 0.6 is 0 Å². The third-order valence-corrected chi connectivity index (χ3v) is 11.1. The van der Waals surface area contributed by atoms with Crippen LogP contribution in [0, 0.1) is 46.3 Å². The second-order valence-electron chi connectivity index (χ2n) is 12.2. The molecule has 0 spiro atoms. The highest BCUT2D eigenvalue weighted by molar-refractivity contribution is 5.69. The first-order valence-corrected chi connectivity index (χ1v) is 13.3. The van der Waals surface area contributed by atoms with Gasteiger partial charge < -0.3 is 20.3 Å². The summed E-state index contributed by atoms with van der Waals surface area (Å²) in [5.41, 5.74) is 0.0641. The monoisotopic (exact) mass is 449 g/mol. The van der Waals surface area contributed by atoms with Crippen molar-refractivity contribution in [1.82, 2.24) is 5.32 Å². The van der Waals surface area contributed by atoms with Crippen LogP contribution in [0.4, 0.5) is 0 Å². The third-order valence-electron chi connectivity index (χ3n) is 11.1. The molecular formula is C27H47NO4. The predicted molar refractivity (Wildman–Crippen MR) is 126 cm³/mol. The van der Waals surface area contributed by atoms with Gasteiger partial charge in [0.1, 0.15) is 0 Å².